The van der Waals surface area contributed by atoms with Crippen LogP contribution in [0.1, 0.15) is 44.9 Å². The van der Waals surface area contributed by atoms with Gasteiger partial charge in [-0.05, 0) is 38.5 Å². The van der Waals surface area contributed by atoms with E-state index in [-0.39, 0.29) is 24.1 Å². The van der Waals surface area contributed by atoms with Crippen LogP contribution >= 0.6 is 0 Å². The molecule has 1 atom stereocenters. The van der Waals surface area contributed by atoms with E-state index in [4.69, 9.17) is 9.84 Å². The molecule has 2 aliphatic rings. The molecule has 0 bridgehead atoms. The van der Waals surface area contributed by atoms with Crippen molar-refractivity contribution in [2.45, 2.75) is 56.6 Å². The van der Waals surface area contributed by atoms with Crippen molar-refractivity contribution in [2.75, 3.05) is 20.2 Å². The third-order valence-electron chi connectivity index (χ3n) is 4.56. The number of nitrogens with zero attached hydrogens (tertiary/aromatic N) is 1. The summed E-state index contributed by atoms with van der Waals surface area (Å²) in [5, 5.41) is 11.8. The van der Waals surface area contributed by atoms with E-state index < -0.39 is 5.97 Å². The minimum Gasteiger partial charge on any atom is -0.481 e. The topological polar surface area (TPSA) is 78.9 Å². The van der Waals surface area contributed by atoms with Gasteiger partial charge in [-0.3, -0.25) is 4.79 Å². The van der Waals surface area contributed by atoms with Crippen LogP contribution in [0, 0.1) is 0 Å². The lowest BCUT2D eigenvalue weighted by molar-refractivity contribution is -0.138. The molecule has 1 saturated carbocycles. The van der Waals surface area contributed by atoms with Crippen LogP contribution in [0.2, 0.25) is 0 Å². The van der Waals surface area contributed by atoms with Crippen molar-refractivity contribution in [2.24, 2.45) is 0 Å². The van der Waals surface area contributed by atoms with Gasteiger partial charge >= 0.3 is 12.0 Å². The van der Waals surface area contributed by atoms with Gasteiger partial charge < -0.3 is 20.1 Å². The van der Waals surface area contributed by atoms with Crippen molar-refractivity contribution >= 4 is 12.0 Å². The molecule has 20 heavy (non-hydrogen) atoms. The van der Waals surface area contributed by atoms with Crippen LogP contribution in [-0.2, 0) is 9.53 Å². The van der Waals surface area contributed by atoms with E-state index in [0.29, 0.717) is 13.1 Å². The summed E-state index contributed by atoms with van der Waals surface area (Å²) in [5.74, 6) is -0.845. The lowest BCUT2D eigenvalue weighted by Gasteiger charge is -2.42. The first-order chi connectivity index (χ1) is 9.56. The fourth-order valence-corrected chi connectivity index (χ4v) is 3.04. The van der Waals surface area contributed by atoms with Gasteiger partial charge in [-0.25, -0.2) is 4.79 Å². The number of hydrogen-bond acceptors (Lipinski definition) is 3. The van der Waals surface area contributed by atoms with Gasteiger partial charge in [0.25, 0.3) is 0 Å². The fraction of sp³-hybridized carbons (Fsp3) is 0.857. The summed E-state index contributed by atoms with van der Waals surface area (Å²) < 4.78 is 5.48. The number of amides is 2. The quantitative estimate of drug-likeness (QED) is 0.803. The highest BCUT2D eigenvalue weighted by atomic mass is 16.5. The maximum atomic E-state index is 12.3. The highest BCUT2D eigenvalue weighted by Crippen LogP contribution is 2.34. The maximum absolute atomic E-state index is 12.3. The number of carbonyl (C=O) groups excluding carboxylic acids is 1. The van der Waals surface area contributed by atoms with Gasteiger partial charge in [-0.2, -0.15) is 0 Å². The number of piperidine rings is 1. The summed E-state index contributed by atoms with van der Waals surface area (Å²) in [4.78, 5) is 24.8. The maximum Gasteiger partial charge on any atom is 0.317 e. The molecule has 0 aromatic carbocycles. The number of carbonyl (C=O) groups is 2. The van der Waals surface area contributed by atoms with Gasteiger partial charge in [-0.1, -0.05) is 0 Å². The molecule has 1 heterocycles. The number of carboxylic acid groups (broad SMARTS) is 1. The number of urea groups is 1. The van der Waals surface area contributed by atoms with Crippen LogP contribution in [0.3, 0.4) is 0 Å². The van der Waals surface area contributed by atoms with Gasteiger partial charge in [0, 0.05) is 26.2 Å². The van der Waals surface area contributed by atoms with Crippen molar-refractivity contribution in [3.05, 3.63) is 0 Å². The molecule has 2 amide bonds. The van der Waals surface area contributed by atoms with Crippen molar-refractivity contribution in [3.8, 4) is 0 Å². The highest BCUT2D eigenvalue weighted by molar-refractivity contribution is 5.76. The summed E-state index contributed by atoms with van der Waals surface area (Å²) in [6.07, 6.45) is 5.82. The van der Waals surface area contributed by atoms with Gasteiger partial charge in [0.2, 0.25) is 0 Å². The van der Waals surface area contributed by atoms with Crippen LogP contribution in [0.15, 0.2) is 0 Å². The largest absolute Gasteiger partial charge is 0.481 e. The molecule has 1 aliphatic heterocycles. The smallest absolute Gasteiger partial charge is 0.317 e. The Kier molecular flexibility index (Phi) is 4.86. The molecule has 0 spiro atoms. The van der Waals surface area contributed by atoms with Crippen LogP contribution in [-0.4, -0.2) is 53.8 Å². The van der Waals surface area contributed by atoms with Gasteiger partial charge in [0.05, 0.1) is 12.0 Å². The van der Waals surface area contributed by atoms with Crippen molar-refractivity contribution in [1.29, 1.82) is 0 Å². The van der Waals surface area contributed by atoms with Crippen molar-refractivity contribution < 1.29 is 19.4 Å². The van der Waals surface area contributed by atoms with Gasteiger partial charge in [0.1, 0.15) is 0 Å². The Morgan fingerprint density at radius 2 is 2.10 bits per heavy atom. The first-order valence-electron chi connectivity index (χ1n) is 7.38. The number of aliphatic carboxylic acids is 1. The Bertz CT molecular complexity index is 363. The number of rotatable bonds is 5. The molecule has 2 fully saturated rings. The molecule has 0 radical (unpaired) electrons. The summed E-state index contributed by atoms with van der Waals surface area (Å²) in [5.41, 5.74) is -0.201. The first-order valence-corrected chi connectivity index (χ1v) is 7.38. The predicted octanol–water partition coefficient (Wildman–Crippen LogP) is 1.59. The first kappa shape index (κ1) is 15.1. The Morgan fingerprint density at radius 3 is 2.65 bits per heavy atom. The van der Waals surface area contributed by atoms with E-state index in [1.165, 1.54) is 0 Å². The average molecular weight is 284 g/mol. The number of carboxylic acids is 1. The van der Waals surface area contributed by atoms with Gasteiger partial charge in [-0.15, -0.1) is 0 Å². The lowest BCUT2D eigenvalue weighted by atomic mass is 9.80. The average Bonchev–Trinajstić information content (AvgIpc) is 2.37. The second kappa shape index (κ2) is 6.43. The van der Waals surface area contributed by atoms with Crippen LogP contribution in [0.25, 0.3) is 0 Å². The molecule has 1 aliphatic carbocycles. The summed E-state index contributed by atoms with van der Waals surface area (Å²) in [6.45, 7) is 1.16. The number of likely N-dealkylation sites (tertiary alicyclic amines) is 1. The van der Waals surface area contributed by atoms with Gasteiger partial charge in [0.15, 0.2) is 0 Å². The van der Waals surface area contributed by atoms with E-state index in [9.17, 15) is 9.59 Å². The van der Waals surface area contributed by atoms with E-state index in [1.54, 1.807) is 12.0 Å². The second-order valence-corrected chi connectivity index (χ2v) is 5.84. The standard InChI is InChI=1S/C14H24N2O4/c1-20-14(6-4-7-14)10-15-13(19)16-8-3-2-5-11(16)9-12(17)18/h11H,2-10H2,1H3,(H,15,19)(H,17,18). The Balaban J connectivity index is 1.87. The Morgan fingerprint density at radius 1 is 1.35 bits per heavy atom. The molecule has 1 unspecified atom stereocenters. The summed E-state index contributed by atoms with van der Waals surface area (Å²) in [6, 6.07) is -0.333. The summed E-state index contributed by atoms with van der Waals surface area (Å²) in [7, 11) is 1.68. The van der Waals surface area contributed by atoms with Crippen molar-refractivity contribution in [3.63, 3.8) is 0 Å². The number of nitrogens with one attached hydrogen (secondary N) is 1. The van der Waals surface area contributed by atoms with E-state index in [1.807, 2.05) is 0 Å². The van der Waals surface area contributed by atoms with E-state index in [2.05, 4.69) is 5.32 Å². The molecule has 0 aromatic heterocycles. The number of ether oxygens (including phenoxy) is 1. The Hall–Kier alpha value is -1.30. The van der Waals surface area contributed by atoms with Crippen molar-refractivity contribution in [1.82, 2.24) is 10.2 Å². The second-order valence-electron chi connectivity index (χ2n) is 5.84. The van der Waals surface area contributed by atoms with E-state index >= 15 is 0 Å². The lowest BCUT2D eigenvalue weighted by Crippen LogP contribution is -2.55. The molecule has 114 valence electrons. The molecule has 6 heteroatoms. The third-order valence-corrected chi connectivity index (χ3v) is 4.56. The molecule has 0 aromatic rings. The Labute approximate surface area is 119 Å². The van der Waals surface area contributed by atoms with Crippen LogP contribution in [0.5, 0.6) is 0 Å². The van der Waals surface area contributed by atoms with Crippen LogP contribution in [0.4, 0.5) is 4.79 Å². The SMILES string of the molecule is COC1(CNC(=O)N2CCCCC2CC(=O)O)CCC1. The number of hydrogen-bond donors (Lipinski definition) is 2. The summed E-state index contributed by atoms with van der Waals surface area (Å²) >= 11 is 0. The monoisotopic (exact) mass is 284 g/mol. The minimum atomic E-state index is -0.845. The zero-order chi connectivity index (χ0) is 14.6. The molecular formula is C14H24N2O4. The molecule has 6 nitrogen and oxygen atoms in total. The highest BCUT2D eigenvalue weighted by Gasteiger charge is 2.38. The molecule has 2 rings (SSSR count). The molecule has 1 saturated heterocycles. The molecule has 2 N–H and O–H groups in total. The predicted molar refractivity (Wildman–Crippen MR) is 73.6 cm³/mol. The molecular weight excluding hydrogens is 260 g/mol. The van der Waals surface area contributed by atoms with Crippen LogP contribution < -0.4 is 5.32 Å². The fourth-order valence-electron chi connectivity index (χ4n) is 3.04. The third kappa shape index (κ3) is 3.42. The number of methoxy groups -OCH3 is 1. The van der Waals surface area contributed by atoms with E-state index in [0.717, 1.165) is 38.5 Å². The zero-order valence-corrected chi connectivity index (χ0v) is 12.1. The minimum absolute atomic E-state index is 0.0306. The zero-order valence-electron chi connectivity index (χ0n) is 12.1. The normalized spacial score (nSPS) is 24.9.